The highest BCUT2D eigenvalue weighted by Gasteiger charge is 2.26. The van der Waals surface area contributed by atoms with Crippen LogP contribution >= 0.6 is 0 Å². The zero-order valence-corrected chi connectivity index (χ0v) is 10.6. The number of nitrogens with zero attached hydrogens (tertiary/aromatic N) is 4. The fourth-order valence-corrected chi connectivity index (χ4v) is 2.38. The summed E-state index contributed by atoms with van der Waals surface area (Å²) < 4.78 is 1.99. The third kappa shape index (κ3) is 2.00. The van der Waals surface area contributed by atoms with Crippen molar-refractivity contribution in [3.05, 3.63) is 35.9 Å². The summed E-state index contributed by atoms with van der Waals surface area (Å²) in [4.78, 5) is 21.8. The van der Waals surface area contributed by atoms with E-state index < -0.39 is 5.97 Å². The molecule has 2 aromatic rings. The highest BCUT2D eigenvalue weighted by molar-refractivity contribution is 5.88. The number of imidazole rings is 1. The van der Waals surface area contributed by atoms with Crippen LogP contribution in [0.2, 0.25) is 0 Å². The second-order valence-corrected chi connectivity index (χ2v) is 4.67. The number of likely N-dealkylation sites (N-methyl/N-ethyl adjacent to an activating group) is 1. The molecule has 0 atom stereocenters. The lowest BCUT2D eigenvalue weighted by Gasteiger charge is -2.25. The number of rotatable bonds is 2. The minimum absolute atomic E-state index is 0.144. The zero-order chi connectivity index (χ0) is 13.4. The van der Waals surface area contributed by atoms with Crippen LogP contribution in [0.4, 0.5) is 0 Å². The molecule has 0 bridgehead atoms. The van der Waals surface area contributed by atoms with Gasteiger partial charge in [0.1, 0.15) is 5.82 Å². The van der Waals surface area contributed by atoms with E-state index >= 15 is 0 Å². The lowest BCUT2D eigenvalue weighted by molar-refractivity contribution is 0.0687. The quantitative estimate of drug-likeness (QED) is 0.873. The van der Waals surface area contributed by atoms with E-state index in [1.807, 2.05) is 23.7 Å². The van der Waals surface area contributed by atoms with Crippen LogP contribution in [-0.2, 0) is 13.1 Å². The molecule has 0 amide bonds. The molecule has 0 spiro atoms. The van der Waals surface area contributed by atoms with Crippen molar-refractivity contribution in [1.29, 1.82) is 0 Å². The number of aromatic carboxylic acids is 1. The molecule has 3 heterocycles. The molecule has 0 aromatic carbocycles. The Bertz CT molecular complexity index is 621. The van der Waals surface area contributed by atoms with Gasteiger partial charge in [-0.1, -0.05) is 0 Å². The fraction of sp³-hybridized carbons (Fsp3) is 0.308. The molecule has 19 heavy (non-hydrogen) atoms. The third-order valence-electron chi connectivity index (χ3n) is 3.32. The van der Waals surface area contributed by atoms with Crippen LogP contribution in [0, 0.1) is 0 Å². The highest BCUT2D eigenvalue weighted by Crippen LogP contribution is 2.25. The van der Waals surface area contributed by atoms with E-state index in [1.54, 1.807) is 12.4 Å². The second kappa shape index (κ2) is 4.47. The van der Waals surface area contributed by atoms with Crippen molar-refractivity contribution in [3.63, 3.8) is 0 Å². The maximum atomic E-state index is 11.3. The maximum Gasteiger partial charge on any atom is 0.356 e. The summed E-state index contributed by atoms with van der Waals surface area (Å²) in [6, 6.07) is 3.72. The summed E-state index contributed by atoms with van der Waals surface area (Å²) in [6.45, 7) is 2.24. The molecule has 1 aliphatic rings. The Balaban J connectivity index is 2.17. The average molecular weight is 258 g/mol. The molecular weight excluding hydrogens is 244 g/mol. The topological polar surface area (TPSA) is 71.2 Å². The van der Waals surface area contributed by atoms with E-state index in [0.29, 0.717) is 12.4 Å². The van der Waals surface area contributed by atoms with Crippen molar-refractivity contribution in [2.75, 3.05) is 13.6 Å². The Morgan fingerprint density at radius 2 is 2.26 bits per heavy atom. The van der Waals surface area contributed by atoms with Crippen LogP contribution in [0.1, 0.15) is 16.2 Å². The first-order valence-corrected chi connectivity index (χ1v) is 6.08. The largest absolute Gasteiger partial charge is 0.476 e. The van der Waals surface area contributed by atoms with Crippen molar-refractivity contribution in [2.24, 2.45) is 0 Å². The minimum atomic E-state index is -0.978. The van der Waals surface area contributed by atoms with Gasteiger partial charge in [0.15, 0.2) is 5.69 Å². The molecule has 1 aliphatic heterocycles. The van der Waals surface area contributed by atoms with E-state index in [0.717, 1.165) is 24.3 Å². The van der Waals surface area contributed by atoms with E-state index in [-0.39, 0.29) is 5.69 Å². The lowest BCUT2D eigenvalue weighted by Crippen LogP contribution is -2.31. The van der Waals surface area contributed by atoms with Gasteiger partial charge in [-0.2, -0.15) is 0 Å². The maximum absolute atomic E-state index is 11.3. The van der Waals surface area contributed by atoms with Gasteiger partial charge in [-0.05, 0) is 19.2 Å². The molecule has 0 radical (unpaired) electrons. The number of carboxylic acids is 1. The Hall–Kier alpha value is -2.21. The summed E-state index contributed by atoms with van der Waals surface area (Å²) in [7, 11) is 1.98. The Kier molecular flexibility index (Phi) is 2.79. The molecule has 0 saturated carbocycles. The number of fused-ring (bicyclic) bond motifs is 1. The zero-order valence-electron chi connectivity index (χ0n) is 10.6. The van der Waals surface area contributed by atoms with Crippen LogP contribution in [0.15, 0.2) is 24.5 Å². The minimum Gasteiger partial charge on any atom is -0.476 e. The average Bonchev–Trinajstić information content (AvgIpc) is 2.78. The number of carbonyl (C=O) groups is 1. The first-order valence-electron chi connectivity index (χ1n) is 6.08. The van der Waals surface area contributed by atoms with Gasteiger partial charge in [0.05, 0.1) is 5.69 Å². The van der Waals surface area contributed by atoms with Crippen LogP contribution < -0.4 is 0 Å². The summed E-state index contributed by atoms with van der Waals surface area (Å²) in [5.41, 5.74) is 1.76. The van der Waals surface area contributed by atoms with Gasteiger partial charge in [0, 0.05) is 37.6 Å². The van der Waals surface area contributed by atoms with Gasteiger partial charge >= 0.3 is 5.97 Å². The summed E-state index contributed by atoms with van der Waals surface area (Å²) in [5, 5.41) is 9.28. The molecular formula is C13H14N4O2. The van der Waals surface area contributed by atoms with Crippen molar-refractivity contribution in [3.8, 4) is 11.4 Å². The Morgan fingerprint density at radius 3 is 2.95 bits per heavy atom. The molecule has 1 N–H and O–H groups in total. The predicted molar refractivity (Wildman–Crippen MR) is 68.8 cm³/mol. The van der Waals surface area contributed by atoms with Crippen LogP contribution in [-0.4, -0.2) is 44.1 Å². The molecule has 0 aliphatic carbocycles. The van der Waals surface area contributed by atoms with Gasteiger partial charge in [-0.3, -0.25) is 9.88 Å². The van der Waals surface area contributed by atoms with Gasteiger partial charge in [0.25, 0.3) is 0 Å². The Labute approximate surface area is 110 Å². The van der Waals surface area contributed by atoms with E-state index in [4.69, 9.17) is 0 Å². The van der Waals surface area contributed by atoms with Crippen molar-refractivity contribution >= 4 is 5.97 Å². The molecule has 6 nitrogen and oxygen atoms in total. The Morgan fingerprint density at radius 1 is 1.42 bits per heavy atom. The molecule has 98 valence electrons. The first kappa shape index (κ1) is 11.9. The summed E-state index contributed by atoms with van der Waals surface area (Å²) in [5.74, 6) is -0.289. The number of aromatic nitrogens is 3. The molecule has 0 fully saturated rings. The summed E-state index contributed by atoms with van der Waals surface area (Å²) in [6.07, 6.45) is 3.40. The van der Waals surface area contributed by atoms with E-state index in [9.17, 15) is 9.90 Å². The van der Waals surface area contributed by atoms with Crippen molar-refractivity contribution < 1.29 is 9.90 Å². The van der Waals surface area contributed by atoms with E-state index in [1.165, 1.54) is 0 Å². The van der Waals surface area contributed by atoms with Gasteiger partial charge < -0.3 is 9.67 Å². The van der Waals surface area contributed by atoms with Gasteiger partial charge in [0.2, 0.25) is 0 Å². The predicted octanol–water partition coefficient (Wildman–Crippen LogP) is 1.09. The normalized spacial score (nSPS) is 15.2. The monoisotopic (exact) mass is 258 g/mol. The smallest absolute Gasteiger partial charge is 0.356 e. The SMILES string of the molecule is CN1CCn2c(-c3cccnc3)nc(C(=O)O)c2C1. The second-order valence-electron chi connectivity index (χ2n) is 4.67. The fourth-order valence-electron chi connectivity index (χ4n) is 2.38. The van der Waals surface area contributed by atoms with Gasteiger partial charge in [-0.25, -0.2) is 9.78 Å². The molecule has 0 saturated heterocycles. The van der Waals surface area contributed by atoms with Crippen LogP contribution in [0.5, 0.6) is 0 Å². The molecule has 6 heteroatoms. The van der Waals surface area contributed by atoms with Crippen molar-refractivity contribution in [2.45, 2.75) is 13.1 Å². The molecule has 2 aromatic heterocycles. The lowest BCUT2D eigenvalue weighted by atomic mass is 10.2. The number of carboxylic acid groups (broad SMARTS) is 1. The summed E-state index contributed by atoms with van der Waals surface area (Å²) >= 11 is 0. The number of hydrogen-bond donors (Lipinski definition) is 1. The molecule has 0 unspecified atom stereocenters. The van der Waals surface area contributed by atoms with Crippen molar-refractivity contribution in [1.82, 2.24) is 19.4 Å². The standard InChI is InChI=1S/C13H14N4O2/c1-16-5-6-17-10(8-16)11(13(18)19)15-12(17)9-3-2-4-14-7-9/h2-4,7H,5-6,8H2,1H3,(H,18,19). The van der Waals surface area contributed by atoms with Crippen LogP contribution in [0.25, 0.3) is 11.4 Å². The molecule has 3 rings (SSSR count). The highest BCUT2D eigenvalue weighted by atomic mass is 16.4. The van der Waals surface area contributed by atoms with Crippen LogP contribution in [0.3, 0.4) is 0 Å². The number of hydrogen-bond acceptors (Lipinski definition) is 4. The van der Waals surface area contributed by atoms with E-state index in [2.05, 4.69) is 14.9 Å². The number of pyridine rings is 1. The van der Waals surface area contributed by atoms with Gasteiger partial charge in [-0.15, -0.1) is 0 Å². The third-order valence-corrected chi connectivity index (χ3v) is 3.32. The first-order chi connectivity index (χ1) is 9.16.